The maximum absolute atomic E-state index is 13.9. The minimum atomic E-state index is -4.16. The molecule has 8 aliphatic carbocycles. The van der Waals surface area contributed by atoms with Gasteiger partial charge in [0.15, 0.2) is 0 Å². The van der Waals surface area contributed by atoms with Crippen LogP contribution in [-0.2, 0) is 28.2 Å². The summed E-state index contributed by atoms with van der Waals surface area (Å²) >= 11 is 0. The Hall–Kier alpha value is -0.210. The first-order chi connectivity index (χ1) is 28.8. The van der Waals surface area contributed by atoms with Crippen LogP contribution in [0.1, 0.15) is 210 Å². The van der Waals surface area contributed by atoms with Crippen molar-refractivity contribution in [3.05, 3.63) is 0 Å². The van der Waals surface area contributed by atoms with Gasteiger partial charge in [-0.2, -0.15) is 8.42 Å². The zero-order valence-electron chi connectivity index (χ0n) is 40.7. The van der Waals surface area contributed by atoms with Crippen LogP contribution in [0, 0.1) is 92.7 Å². The molecular weight excluding hydrogens is 777 g/mol. The van der Waals surface area contributed by atoms with Crippen molar-refractivity contribution in [1.29, 1.82) is 0 Å². The molecule has 2 aliphatic heterocycles. The summed E-state index contributed by atoms with van der Waals surface area (Å²) in [4.78, 5) is 0. The van der Waals surface area contributed by atoms with E-state index >= 15 is 0 Å². The molecule has 348 valence electrons. The highest BCUT2D eigenvalue weighted by Crippen LogP contribution is 2.76. The van der Waals surface area contributed by atoms with Crippen LogP contribution in [0.5, 0.6) is 0 Å². The molecule has 2 heterocycles. The molecule has 0 aromatic carbocycles. The summed E-state index contributed by atoms with van der Waals surface area (Å²) in [7, 11) is -4.16. The molecule has 2 spiro atoms. The van der Waals surface area contributed by atoms with Crippen LogP contribution < -0.4 is 0 Å². The van der Waals surface area contributed by atoms with E-state index in [9.17, 15) is 8.42 Å². The van der Waals surface area contributed by atoms with Crippen LogP contribution >= 0.6 is 0 Å². The molecule has 61 heavy (non-hydrogen) atoms. The quantitative estimate of drug-likeness (QED) is 0.162. The SMILES string of the molecule is CC(C)CCC[C@@H](C)[C@H]1CC[C@H]2[C@@H]3CC4OC45C[C@@H](OS(=O)(=O)O[C@H]4CC[C@]6(C)[C@H]7CC[C@]8(C)[C@@H]([C@H](C)CCCC(C)C)CC[C@H]8[C@@H]7CC7OC76C4)CC[C@]5(C)[C@H]3CC[C@]12C. The van der Waals surface area contributed by atoms with Crippen LogP contribution in [-0.4, -0.2) is 44.0 Å². The van der Waals surface area contributed by atoms with Gasteiger partial charge in [-0.05, 0) is 172 Å². The lowest BCUT2D eigenvalue weighted by Gasteiger charge is -2.59. The van der Waals surface area contributed by atoms with Crippen molar-refractivity contribution in [1.82, 2.24) is 0 Å². The van der Waals surface area contributed by atoms with Gasteiger partial charge in [0.05, 0.1) is 24.4 Å². The number of hydrogen-bond donors (Lipinski definition) is 0. The van der Waals surface area contributed by atoms with Crippen molar-refractivity contribution in [3.8, 4) is 0 Å². The highest BCUT2D eigenvalue weighted by atomic mass is 32.3. The second-order valence-electron chi connectivity index (χ2n) is 26.4. The molecule has 0 aromatic heterocycles. The summed E-state index contributed by atoms with van der Waals surface area (Å²) in [6.07, 6.45) is 26.1. The Bertz CT molecular complexity index is 1630. The lowest BCUT2D eigenvalue weighted by Crippen LogP contribution is -2.59. The number of hydrogen-bond acceptors (Lipinski definition) is 6. The highest BCUT2D eigenvalue weighted by Gasteiger charge is 2.78. The van der Waals surface area contributed by atoms with Crippen LogP contribution in [0.3, 0.4) is 0 Å². The summed E-state index contributed by atoms with van der Waals surface area (Å²) in [5.41, 5.74) is 0.641. The van der Waals surface area contributed by atoms with Crippen molar-refractivity contribution in [2.24, 2.45) is 92.7 Å². The average Bonchev–Trinajstić information content (AvgIpc) is 3.98. The fourth-order valence-electron chi connectivity index (χ4n) is 19.8. The first kappa shape index (κ1) is 44.6. The van der Waals surface area contributed by atoms with E-state index < -0.39 is 10.4 Å². The summed E-state index contributed by atoms with van der Waals surface area (Å²) in [5.74, 6) is 9.36. The third-order valence-electron chi connectivity index (χ3n) is 23.0. The third kappa shape index (κ3) is 6.93. The Balaban J connectivity index is 0.747. The van der Waals surface area contributed by atoms with Crippen molar-refractivity contribution >= 4 is 10.4 Å². The molecule has 10 fully saturated rings. The van der Waals surface area contributed by atoms with Gasteiger partial charge in [-0.25, -0.2) is 8.37 Å². The van der Waals surface area contributed by atoms with Gasteiger partial charge in [0.2, 0.25) is 0 Å². The van der Waals surface area contributed by atoms with Gasteiger partial charge in [0.1, 0.15) is 11.2 Å². The summed E-state index contributed by atoms with van der Waals surface area (Å²) in [5, 5.41) is 0. The maximum atomic E-state index is 13.9. The van der Waals surface area contributed by atoms with E-state index in [1.165, 1.54) is 89.9 Å². The molecule has 0 radical (unpaired) electrons. The van der Waals surface area contributed by atoms with Crippen molar-refractivity contribution in [3.63, 3.8) is 0 Å². The molecule has 6 nitrogen and oxygen atoms in total. The topological polar surface area (TPSA) is 77.7 Å². The zero-order valence-corrected chi connectivity index (χ0v) is 41.5. The van der Waals surface area contributed by atoms with Crippen LogP contribution in [0.4, 0.5) is 0 Å². The van der Waals surface area contributed by atoms with Gasteiger partial charge in [-0.3, -0.25) is 0 Å². The van der Waals surface area contributed by atoms with Gasteiger partial charge >= 0.3 is 10.4 Å². The Kier molecular flexibility index (Phi) is 11.3. The molecule has 10 rings (SSSR count). The van der Waals surface area contributed by atoms with Crippen molar-refractivity contribution in [2.75, 3.05) is 0 Å². The average molecular weight is 867 g/mol. The van der Waals surface area contributed by atoms with E-state index in [1.807, 2.05) is 0 Å². The predicted octanol–water partition coefficient (Wildman–Crippen LogP) is 13.5. The molecule has 0 bridgehead atoms. The van der Waals surface area contributed by atoms with E-state index in [-0.39, 0.29) is 46.4 Å². The fraction of sp³-hybridized carbons (Fsp3) is 1.00. The summed E-state index contributed by atoms with van der Waals surface area (Å²) in [6.45, 7) is 25.0. The van der Waals surface area contributed by atoms with Gasteiger partial charge < -0.3 is 9.47 Å². The van der Waals surface area contributed by atoms with E-state index in [2.05, 4.69) is 69.2 Å². The molecule has 7 heteroatoms. The highest BCUT2D eigenvalue weighted by molar-refractivity contribution is 7.81. The van der Waals surface area contributed by atoms with Crippen molar-refractivity contribution < 1.29 is 26.3 Å². The van der Waals surface area contributed by atoms with Gasteiger partial charge in [-0.15, -0.1) is 0 Å². The minimum Gasteiger partial charge on any atom is -0.365 e. The second kappa shape index (κ2) is 15.4. The first-order valence-corrected chi connectivity index (χ1v) is 28.1. The normalized spacial score (nSPS) is 52.8. The fourth-order valence-corrected chi connectivity index (χ4v) is 20.9. The summed E-state index contributed by atoms with van der Waals surface area (Å²) in [6, 6.07) is 0. The smallest absolute Gasteiger partial charge is 0.365 e. The molecule has 0 aromatic rings. The third-order valence-corrected chi connectivity index (χ3v) is 24.0. The standard InChI is InChI=1S/C54H90O6S/c1-33(2)13-11-15-35(5)41-17-19-43-39-29-47-53(57-47)31-37(21-27-51(53,9)45(39)23-25-49(41,43)7)59-61(55,56)60-38-22-28-52(10)46-24-26-50(8)42(36(6)16-12-14-34(3)4)18-20-44(50)40(46)30-48-54(52,32-38)58-48/h33-48H,11-32H2,1-10H3/t35-,36-,37+,38+,39+,40+,41-,42-,43+,44+,45+,46+,47?,48?,49-,50-,51-,52-,53?,54?/m1/s1. The molecule has 8 saturated carbocycles. The number of fused-ring (bicyclic) bond motifs is 8. The number of ether oxygens (including phenoxy) is 2. The zero-order chi connectivity index (χ0) is 43.1. The molecule has 20 atom stereocenters. The largest absolute Gasteiger partial charge is 0.400 e. The Morgan fingerprint density at radius 2 is 0.934 bits per heavy atom. The van der Waals surface area contributed by atoms with Crippen LogP contribution in [0.2, 0.25) is 0 Å². The van der Waals surface area contributed by atoms with E-state index in [4.69, 9.17) is 17.8 Å². The Morgan fingerprint density at radius 1 is 0.525 bits per heavy atom. The van der Waals surface area contributed by atoms with Crippen molar-refractivity contribution in [2.45, 2.75) is 246 Å². The van der Waals surface area contributed by atoms with Crippen LogP contribution in [0.25, 0.3) is 0 Å². The molecule has 4 unspecified atom stereocenters. The lowest BCUT2D eigenvalue weighted by atomic mass is 9.44. The predicted molar refractivity (Wildman–Crippen MR) is 244 cm³/mol. The Labute approximate surface area is 374 Å². The maximum Gasteiger partial charge on any atom is 0.400 e. The molecular formula is C54H90O6S. The number of epoxide rings is 2. The molecule has 10 aliphatic rings. The first-order valence-electron chi connectivity index (χ1n) is 26.8. The monoisotopic (exact) mass is 867 g/mol. The van der Waals surface area contributed by atoms with Gasteiger partial charge in [0, 0.05) is 23.7 Å². The van der Waals surface area contributed by atoms with E-state index in [0.717, 1.165) is 97.7 Å². The second-order valence-corrected chi connectivity index (χ2v) is 27.6. The van der Waals surface area contributed by atoms with E-state index in [0.29, 0.717) is 35.5 Å². The summed E-state index contributed by atoms with van der Waals surface area (Å²) < 4.78 is 53.8. The van der Waals surface area contributed by atoms with Gasteiger partial charge in [-0.1, -0.05) is 108 Å². The number of rotatable bonds is 14. The molecule has 2 saturated heterocycles. The van der Waals surface area contributed by atoms with Crippen LogP contribution in [0.15, 0.2) is 0 Å². The van der Waals surface area contributed by atoms with Gasteiger partial charge in [0.25, 0.3) is 0 Å². The lowest BCUT2D eigenvalue weighted by molar-refractivity contribution is -0.119. The molecule has 0 amide bonds. The Morgan fingerprint density at radius 3 is 1.33 bits per heavy atom. The minimum absolute atomic E-state index is 0.0964. The molecule has 0 N–H and O–H groups in total. The van der Waals surface area contributed by atoms with E-state index in [1.54, 1.807) is 0 Å².